The molecule has 1 unspecified atom stereocenters. The Morgan fingerprint density at radius 1 is 1.47 bits per heavy atom. The second-order valence-corrected chi connectivity index (χ2v) is 5.95. The molecule has 0 aromatic heterocycles. The molecule has 4 nitrogen and oxygen atoms in total. The van der Waals surface area contributed by atoms with E-state index in [-0.39, 0.29) is 11.7 Å². The lowest BCUT2D eigenvalue weighted by Crippen LogP contribution is -2.22. The molecule has 0 saturated carbocycles. The zero-order chi connectivity index (χ0) is 12.9. The summed E-state index contributed by atoms with van der Waals surface area (Å²) in [5.41, 5.74) is 0.492. The van der Waals surface area contributed by atoms with Crippen molar-refractivity contribution in [2.24, 2.45) is 5.92 Å². The largest absolute Gasteiger partial charge is 0.497 e. The molecule has 0 radical (unpaired) electrons. The number of methoxy groups -OCH3 is 1. The SMILES string of the molecule is COc1cccc(NS(=O)(=O)CC(C)CCl)c1. The minimum absolute atomic E-state index is 0.00765. The summed E-state index contributed by atoms with van der Waals surface area (Å²) in [7, 11) is -1.83. The number of ether oxygens (including phenoxy) is 1. The van der Waals surface area contributed by atoms with E-state index < -0.39 is 10.0 Å². The molecule has 0 heterocycles. The Labute approximate surface area is 107 Å². The van der Waals surface area contributed by atoms with Crippen LogP contribution in [0.5, 0.6) is 5.75 Å². The van der Waals surface area contributed by atoms with Gasteiger partial charge in [-0.1, -0.05) is 13.0 Å². The summed E-state index contributed by atoms with van der Waals surface area (Å²) in [4.78, 5) is 0. The average Bonchev–Trinajstić information content (AvgIpc) is 2.27. The molecule has 96 valence electrons. The highest BCUT2D eigenvalue weighted by atomic mass is 35.5. The molecule has 0 aliphatic heterocycles. The number of rotatable bonds is 6. The van der Waals surface area contributed by atoms with E-state index in [1.165, 1.54) is 7.11 Å². The maximum Gasteiger partial charge on any atom is 0.233 e. The van der Waals surface area contributed by atoms with E-state index in [0.29, 0.717) is 17.3 Å². The maximum atomic E-state index is 11.8. The van der Waals surface area contributed by atoms with Gasteiger partial charge >= 0.3 is 0 Å². The standard InChI is InChI=1S/C11H16ClNO3S/c1-9(7-12)8-17(14,15)13-10-4-3-5-11(6-10)16-2/h3-6,9,13H,7-8H2,1-2H3. The lowest BCUT2D eigenvalue weighted by molar-refractivity contribution is 0.415. The van der Waals surface area contributed by atoms with Crippen molar-refractivity contribution in [2.75, 3.05) is 23.5 Å². The van der Waals surface area contributed by atoms with Crippen LogP contribution in [0.2, 0.25) is 0 Å². The number of hydrogen-bond acceptors (Lipinski definition) is 3. The van der Waals surface area contributed by atoms with E-state index in [1.54, 1.807) is 31.2 Å². The lowest BCUT2D eigenvalue weighted by Gasteiger charge is -2.11. The van der Waals surface area contributed by atoms with E-state index in [0.717, 1.165) is 0 Å². The summed E-state index contributed by atoms with van der Waals surface area (Å²) in [6, 6.07) is 6.77. The fourth-order valence-corrected chi connectivity index (χ4v) is 3.00. The van der Waals surface area contributed by atoms with Crippen LogP contribution in [-0.4, -0.2) is 27.2 Å². The minimum Gasteiger partial charge on any atom is -0.497 e. The van der Waals surface area contributed by atoms with Gasteiger partial charge in [0, 0.05) is 11.9 Å². The average molecular weight is 278 g/mol. The molecular formula is C11H16ClNO3S. The molecule has 0 bridgehead atoms. The summed E-state index contributed by atoms with van der Waals surface area (Å²) < 4.78 is 31.0. The zero-order valence-corrected chi connectivity index (χ0v) is 11.4. The third-order valence-electron chi connectivity index (χ3n) is 2.11. The summed E-state index contributed by atoms with van der Waals surface area (Å²) in [5, 5.41) is 0. The van der Waals surface area contributed by atoms with E-state index >= 15 is 0 Å². The fourth-order valence-electron chi connectivity index (χ4n) is 1.33. The Balaban J connectivity index is 2.75. The fraction of sp³-hybridized carbons (Fsp3) is 0.455. The van der Waals surface area contributed by atoms with Gasteiger partial charge in [-0.3, -0.25) is 4.72 Å². The summed E-state index contributed by atoms with van der Waals surface area (Å²) in [6.07, 6.45) is 0. The predicted octanol–water partition coefficient (Wildman–Crippen LogP) is 2.31. The molecule has 6 heteroatoms. The first-order chi connectivity index (χ1) is 7.96. The molecule has 1 N–H and O–H groups in total. The van der Waals surface area contributed by atoms with Gasteiger partial charge in [0.2, 0.25) is 10.0 Å². The van der Waals surface area contributed by atoms with Crippen molar-refractivity contribution in [1.29, 1.82) is 0 Å². The van der Waals surface area contributed by atoms with Crippen LogP contribution >= 0.6 is 11.6 Å². The van der Waals surface area contributed by atoms with Gasteiger partial charge in [-0.2, -0.15) is 0 Å². The van der Waals surface area contributed by atoms with E-state index in [9.17, 15) is 8.42 Å². The van der Waals surface area contributed by atoms with Gasteiger partial charge in [0.05, 0.1) is 18.6 Å². The van der Waals surface area contributed by atoms with Crippen molar-refractivity contribution in [1.82, 2.24) is 0 Å². The van der Waals surface area contributed by atoms with Crippen LogP contribution in [0, 0.1) is 5.92 Å². The van der Waals surface area contributed by atoms with Crippen LogP contribution in [0.25, 0.3) is 0 Å². The lowest BCUT2D eigenvalue weighted by atomic mass is 10.3. The molecule has 0 amide bonds. The second kappa shape index (κ2) is 6.12. The van der Waals surface area contributed by atoms with Gasteiger partial charge in [0.1, 0.15) is 5.75 Å². The first kappa shape index (κ1) is 14.1. The molecule has 0 spiro atoms. The summed E-state index contributed by atoms with van der Waals surface area (Å²) >= 11 is 5.60. The van der Waals surface area contributed by atoms with Gasteiger partial charge in [-0.25, -0.2) is 8.42 Å². The van der Waals surface area contributed by atoms with Crippen LogP contribution in [0.4, 0.5) is 5.69 Å². The van der Waals surface area contributed by atoms with Crippen molar-refractivity contribution >= 4 is 27.3 Å². The van der Waals surface area contributed by atoms with Gasteiger partial charge in [-0.15, -0.1) is 11.6 Å². The molecule has 1 rings (SSSR count). The Kier molecular flexibility index (Phi) is 5.08. The highest BCUT2D eigenvalue weighted by Gasteiger charge is 2.15. The molecule has 0 saturated heterocycles. The molecular weight excluding hydrogens is 262 g/mol. The van der Waals surface area contributed by atoms with Crippen molar-refractivity contribution < 1.29 is 13.2 Å². The van der Waals surface area contributed by atoms with Gasteiger partial charge in [0.15, 0.2) is 0 Å². The van der Waals surface area contributed by atoms with Crippen LogP contribution in [0.15, 0.2) is 24.3 Å². The third kappa shape index (κ3) is 4.83. The topological polar surface area (TPSA) is 55.4 Å². The molecule has 0 aliphatic rings. The van der Waals surface area contributed by atoms with E-state index in [4.69, 9.17) is 16.3 Å². The highest BCUT2D eigenvalue weighted by molar-refractivity contribution is 7.92. The highest BCUT2D eigenvalue weighted by Crippen LogP contribution is 2.18. The quantitative estimate of drug-likeness (QED) is 0.812. The zero-order valence-electron chi connectivity index (χ0n) is 9.81. The number of hydrogen-bond donors (Lipinski definition) is 1. The summed E-state index contributed by atoms with van der Waals surface area (Å²) in [5.74, 6) is 0.850. The number of halogens is 1. The van der Waals surface area contributed by atoms with Crippen LogP contribution < -0.4 is 9.46 Å². The van der Waals surface area contributed by atoms with E-state index in [1.807, 2.05) is 0 Å². The predicted molar refractivity (Wildman–Crippen MR) is 70.3 cm³/mol. The summed E-state index contributed by atoms with van der Waals surface area (Å²) in [6.45, 7) is 1.79. The molecule has 0 aliphatic carbocycles. The van der Waals surface area contributed by atoms with Crippen molar-refractivity contribution in [3.8, 4) is 5.75 Å². The van der Waals surface area contributed by atoms with Crippen LogP contribution in [-0.2, 0) is 10.0 Å². The van der Waals surface area contributed by atoms with Crippen molar-refractivity contribution in [3.05, 3.63) is 24.3 Å². The molecule has 1 aromatic rings. The van der Waals surface area contributed by atoms with Gasteiger partial charge < -0.3 is 4.74 Å². The second-order valence-electron chi connectivity index (χ2n) is 3.87. The maximum absolute atomic E-state index is 11.8. The Hall–Kier alpha value is -0.940. The van der Waals surface area contributed by atoms with Crippen LogP contribution in [0.1, 0.15) is 6.92 Å². The van der Waals surface area contributed by atoms with Gasteiger partial charge in [-0.05, 0) is 18.1 Å². The molecule has 17 heavy (non-hydrogen) atoms. The van der Waals surface area contributed by atoms with Crippen molar-refractivity contribution in [3.63, 3.8) is 0 Å². The Morgan fingerprint density at radius 2 is 2.18 bits per heavy atom. The Bertz CT molecular complexity index is 462. The third-order valence-corrected chi connectivity index (χ3v) is 4.19. The van der Waals surface area contributed by atoms with Crippen LogP contribution in [0.3, 0.4) is 0 Å². The first-order valence-corrected chi connectivity index (χ1v) is 7.36. The van der Waals surface area contributed by atoms with Crippen molar-refractivity contribution in [2.45, 2.75) is 6.92 Å². The smallest absolute Gasteiger partial charge is 0.233 e. The number of benzene rings is 1. The number of nitrogens with one attached hydrogen (secondary N) is 1. The van der Waals surface area contributed by atoms with Gasteiger partial charge in [0.25, 0.3) is 0 Å². The molecule has 1 aromatic carbocycles. The Morgan fingerprint density at radius 3 is 2.76 bits per heavy atom. The minimum atomic E-state index is -3.36. The molecule has 1 atom stereocenters. The molecule has 0 fully saturated rings. The number of anilines is 1. The first-order valence-electron chi connectivity index (χ1n) is 5.17. The normalized spacial score (nSPS) is 13.1. The van der Waals surface area contributed by atoms with E-state index in [2.05, 4.69) is 4.72 Å². The number of sulfonamides is 1. The number of alkyl halides is 1. The monoisotopic (exact) mass is 277 g/mol.